The second-order valence-corrected chi connectivity index (χ2v) is 6.86. The average molecular weight is 386 g/mol. The first-order chi connectivity index (χ1) is 13.1. The summed E-state index contributed by atoms with van der Waals surface area (Å²) < 4.78 is 15.4. The minimum Gasteiger partial charge on any atom is -0.497 e. The van der Waals surface area contributed by atoms with Crippen LogP contribution in [0.5, 0.6) is 11.5 Å². The Morgan fingerprint density at radius 2 is 1.70 bits per heavy atom. The van der Waals surface area contributed by atoms with Gasteiger partial charge < -0.3 is 18.9 Å². The van der Waals surface area contributed by atoms with Gasteiger partial charge in [-0.1, -0.05) is 30.3 Å². The van der Waals surface area contributed by atoms with Gasteiger partial charge in [-0.3, -0.25) is 0 Å². The Morgan fingerprint density at radius 1 is 1.04 bits per heavy atom. The third-order valence-corrected chi connectivity index (χ3v) is 4.81. The highest BCUT2D eigenvalue weighted by Gasteiger charge is 2.12. The maximum absolute atomic E-state index is 5.84. The Kier molecular flexibility index (Phi) is 6.26. The highest BCUT2D eigenvalue weighted by Crippen LogP contribution is 2.17. The number of methoxy groups -OCH3 is 1. The third kappa shape index (κ3) is 4.96. The minimum absolute atomic E-state index is 0.358. The van der Waals surface area contributed by atoms with Crippen LogP contribution in [0, 0.1) is 4.77 Å². The fraction of sp³-hybridized carbons (Fsp3) is 0.300. The van der Waals surface area contributed by atoms with Crippen molar-refractivity contribution >= 4 is 12.2 Å². The molecule has 0 bridgehead atoms. The van der Waals surface area contributed by atoms with Crippen LogP contribution in [0.15, 0.2) is 54.6 Å². The van der Waals surface area contributed by atoms with Crippen LogP contribution >= 0.6 is 12.2 Å². The van der Waals surface area contributed by atoms with E-state index in [1.54, 1.807) is 7.11 Å². The SMILES string of the molecule is COc1ccc(OCc2nn(C[NH+](C)Cc3ccccc3)c(=S)n2C)cc1. The van der Waals surface area contributed by atoms with Crippen molar-refractivity contribution in [3.63, 3.8) is 0 Å². The Bertz CT molecular complexity index is 919. The van der Waals surface area contributed by atoms with Crippen molar-refractivity contribution in [2.24, 2.45) is 7.05 Å². The van der Waals surface area contributed by atoms with Gasteiger partial charge in [0.25, 0.3) is 0 Å². The predicted octanol–water partition coefficient (Wildman–Crippen LogP) is 2.21. The van der Waals surface area contributed by atoms with Crippen LogP contribution in [-0.4, -0.2) is 28.5 Å². The standard InChI is InChI=1S/C20H24N4O2S/c1-22(13-16-7-5-4-6-8-16)15-24-20(27)23(2)19(21-24)14-26-18-11-9-17(25-3)10-12-18/h4-12H,13-15H2,1-3H3/p+1. The van der Waals surface area contributed by atoms with Crippen molar-refractivity contribution in [1.29, 1.82) is 0 Å². The smallest absolute Gasteiger partial charge is 0.202 e. The first-order valence-corrected chi connectivity index (χ1v) is 9.22. The molecule has 0 saturated heterocycles. The lowest BCUT2D eigenvalue weighted by Gasteiger charge is -2.13. The molecule has 0 amide bonds. The molecule has 0 aliphatic heterocycles. The third-order valence-electron chi connectivity index (χ3n) is 4.33. The molecule has 1 unspecified atom stereocenters. The van der Waals surface area contributed by atoms with Gasteiger partial charge in [0, 0.05) is 12.6 Å². The van der Waals surface area contributed by atoms with Crippen LogP contribution in [0.3, 0.4) is 0 Å². The first-order valence-electron chi connectivity index (χ1n) is 8.81. The van der Waals surface area contributed by atoms with Crippen molar-refractivity contribution < 1.29 is 14.4 Å². The number of nitrogens with one attached hydrogen (secondary N) is 1. The van der Waals surface area contributed by atoms with E-state index in [2.05, 4.69) is 36.4 Å². The van der Waals surface area contributed by atoms with Crippen LogP contribution in [0.2, 0.25) is 0 Å². The largest absolute Gasteiger partial charge is 0.497 e. The summed E-state index contributed by atoms with van der Waals surface area (Å²) in [5.41, 5.74) is 1.29. The summed E-state index contributed by atoms with van der Waals surface area (Å²) in [5.74, 6) is 2.36. The number of benzene rings is 2. The van der Waals surface area contributed by atoms with Gasteiger partial charge in [-0.25, -0.2) is 0 Å². The number of hydrogen-bond acceptors (Lipinski definition) is 4. The number of ether oxygens (including phenoxy) is 2. The van der Waals surface area contributed by atoms with E-state index in [0.717, 1.165) is 23.9 Å². The van der Waals surface area contributed by atoms with E-state index in [0.29, 0.717) is 18.0 Å². The maximum Gasteiger partial charge on any atom is 0.202 e. The minimum atomic E-state index is 0.358. The van der Waals surface area contributed by atoms with E-state index in [4.69, 9.17) is 21.7 Å². The van der Waals surface area contributed by atoms with E-state index in [-0.39, 0.29) is 0 Å². The van der Waals surface area contributed by atoms with E-state index in [1.807, 2.05) is 46.6 Å². The number of quaternary nitrogens is 1. The second-order valence-electron chi connectivity index (χ2n) is 6.50. The van der Waals surface area contributed by atoms with Crippen LogP contribution in [0.4, 0.5) is 0 Å². The van der Waals surface area contributed by atoms with Crippen molar-refractivity contribution in [1.82, 2.24) is 14.3 Å². The Labute approximate surface area is 164 Å². The van der Waals surface area contributed by atoms with E-state index in [1.165, 1.54) is 10.5 Å². The molecule has 142 valence electrons. The zero-order valence-electron chi connectivity index (χ0n) is 15.9. The summed E-state index contributed by atoms with van der Waals surface area (Å²) in [7, 11) is 5.70. The molecule has 3 rings (SSSR count). The van der Waals surface area contributed by atoms with Crippen LogP contribution in [-0.2, 0) is 26.9 Å². The molecule has 0 aliphatic carbocycles. The lowest BCUT2D eigenvalue weighted by Crippen LogP contribution is -3.07. The molecule has 0 spiro atoms. The van der Waals surface area contributed by atoms with Crippen molar-refractivity contribution in [3.8, 4) is 11.5 Å². The molecule has 2 aromatic carbocycles. The van der Waals surface area contributed by atoms with Crippen molar-refractivity contribution in [2.75, 3.05) is 14.2 Å². The zero-order valence-corrected chi connectivity index (χ0v) is 16.7. The van der Waals surface area contributed by atoms with Gasteiger partial charge in [-0.05, 0) is 36.5 Å². The maximum atomic E-state index is 5.84. The van der Waals surface area contributed by atoms with Crippen LogP contribution < -0.4 is 14.4 Å². The number of nitrogens with zero attached hydrogens (tertiary/aromatic N) is 3. The topological polar surface area (TPSA) is 45.6 Å². The molecule has 7 heteroatoms. The quantitative estimate of drug-likeness (QED) is 0.604. The summed E-state index contributed by atoms with van der Waals surface area (Å²) >= 11 is 5.54. The molecule has 6 nitrogen and oxygen atoms in total. The lowest BCUT2D eigenvalue weighted by atomic mass is 10.2. The molecule has 3 aromatic rings. The Hall–Kier alpha value is -2.64. The van der Waals surface area contributed by atoms with Gasteiger partial charge in [0.2, 0.25) is 4.77 Å². The van der Waals surface area contributed by atoms with Gasteiger partial charge in [-0.15, -0.1) is 5.10 Å². The van der Waals surface area contributed by atoms with Crippen LogP contribution in [0.25, 0.3) is 0 Å². The fourth-order valence-corrected chi connectivity index (χ4v) is 3.05. The molecule has 1 N–H and O–H groups in total. The van der Waals surface area contributed by atoms with E-state index in [9.17, 15) is 0 Å². The molecular weight excluding hydrogens is 360 g/mol. The van der Waals surface area contributed by atoms with Gasteiger partial charge in [-0.2, -0.15) is 4.68 Å². The van der Waals surface area contributed by atoms with E-state index < -0.39 is 0 Å². The normalized spacial score (nSPS) is 12.0. The van der Waals surface area contributed by atoms with Gasteiger partial charge >= 0.3 is 0 Å². The zero-order chi connectivity index (χ0) is 19.2. The number of hydrogen-bond donors (Lipinski definition) is 1. The number of aromatic nitrogens is 3. The summed E-state index contributed by atoms with van der Waals surface area (Å²) in [5, 5.41) is 4.64. The van der Waals surface area contributed by atoms with Gasteiger partial charge in [0.1, 0.15) is 24.7 Å². The number of rotatable bonds is 8. The average Bonchev–Trinajstić information content (AvgIpc) is 2.95. The van der Waals surface area contributed by atoms with Gasteiger partial charge in [0.05, 0.1) is 14.2 Å². The van der Waals surface area contributed by atoms with Crippen molar-refractivity contribution in [2.45, 2.75) is 19.8 Å². The molecular formula is C20H25N4O2S+. The monoisotopic (exact) mass is 385 g/mol. The summed E-state index contributed by atoms with van der Waals surface area (Å²) in [6.45, 7) is 1.97. The highest BCUT2D eigenvalue weighted by molar-refractivity contribution is 7.71. The second kappa shape index (κ2) is 8.83. The molecule has 1 aromatic heterocycles. The molecule has 0 saturated carbocycles. The summed E-state index contributed by atoms with van der Waals surface area (Å²) in [6.07, 6.45) is 0. The lowest BCUT2D eigenvalue weighted by molar-refractivity contribution is -0.917. The first kappa shape index (κ1) is 19.1. The van der Waals surface area contributed by atoms with Gasteiger partial charge in [0.15, 0.2) is 12.5 Å². The molecule has 27 heavy (non-hydrogen) atoms. The Balaban J connectivity index is 1.63. The summed E-state index contributed by atoms with van der Waals surface area (Å²) in [4.78, 5) is 1.30. The van der Waals surface area contributed by atoms with Crippen LogP contribution in [0.1, 0.15) is 11.4 Å². The molecule has 0 fully saturated rings. The molecule has 0 radical (unpaired) electrons. The summed E-state index contributed by atoms with van der Waals surface area (Å²) in [6, 6.07) is 17.9. The van der Waals surface area contributed by atoms with Crippen molar-refractivity contribution in [3.05, 3.63) is 70.8 Å². The molecule has 1 atom stereocenters. The highest BCUT2D eigenvalue weighted by atomic mass is 32.1. The fourth-order valence-electron chi connectivity index (χ4n) is 2.84. The van der Waals surface area contributed by atoms with E-state index >= 15 is 0 Å². The molecule has 0 aliphatic rings. The molecule has 1 heterocycles. The predicted molar refractivity (Wildman–Crippen MR) is 106 cm³/mol. The Morgan fingerprint density at radius 3 is 2.37 bits per heavy atom.